The maximum absolute atomic E-state index is 14.1. The molecule has 7 atom stereocenters. The van der Waals surface area contributed by atoms with Crippen molar-refractivity contribution < 1.29 is 39.2 Å². The van der Waals surface area contributed by atoms with Crippen LogP contribution < -0.4 is 16.0 Å². The summed E-state index contributed by atoms with van der Waals surface area (Å²) in [6.07, 6.45) is -4.74. The van der Waals surface area contributed by atoms with Gasteiger partial charge in [0, 0.05) is 47.7 Å². The summed E-state index contributed by atoms with van der Waals surface area (Å²) in [6.45, 7) is 3.18. The van der Waals surface area contributed by atoms with E-state index in [2.05, 4.69) is 25.9 Å². The van der Waals surface area contributed by atoms with Crippen LogP contribution in [0.1, 0.15) is 42.1 Å². The number of rotatable bonds is 17. The minimum Gasteiger partial charge on any atom is -0.390 e. The van der Waals surface area contributed by atoms with Crippen LogP contribution in [0.4, 0.5) is 0 Å². The zero-order valence-corrected chi connectivity index (χ0v) is 32.7. The molecule has 1 aliphatic rings. The Kier molecular flexibility index (Phi) is 13.7. The van der Waals surface area contributed by atoms with E-state index in [0.717, 1.165) is 32.3 Å². The summed E-state index contributed by atoms with van der Waals surface area (Å²) >= 11 is 2.98. The van der Waals surface area contributed by atoms with Crippen molar-refractivity contribution in [1.29, 1.82) is 0 Å². The van der Waals surface area contributed by atoms with Gasteiger partial charge in [0.15, 0.2) is 12.2 Å². The number of hydrogen-bond acceptors (Lipinski definition) is 12. The SMILES string of the molecule is CNC(=O)[C@@H](NC(=O)[C@H](OCc1ccc(-c2nccs2)cc1)C(O)C(O)[C@@H](OCc1ccc(-c2nccs2)cc1)C(=O)NC1c2ccccc2CC1O)C(C)C. The molecule has 0 bridgehead atoms. The van der Waals surface area contributed by atoms with Crippen molar-refractivity contribution in [2.75, 3.05) is 7.05 Å². The monoisotopic (exact) mass is 799 g/mol. The predicted octanol–water partition coefficient (Wildman–Crippen LogP) is 3.79. The number of carbonyl (C=O) groups is 3. The first-order valence-electron chi connectivity index (χ1n) is 18.2. The number of thiazole rings is 2. The fourth-order valence-corrected chi connectivity index (χ4v) is 7.81. The van der Waals surface area contributed by atoms with Gasteiger partial charge in [-0.25, -0.2) is 9.97 Å². The smallest absolute Gasteiger partial charge is 0.252 e. The molecule has 0 radical (unpaired) electrons. The predicted molar refractivity (Wildman–Crippen MR) is 212 cm³/mol. The van der Waals surface area contributed by atoms with Crippen LogP contribution in [0.2, 0.25) is 0 Å². The molecule has 13 nitrogen and oxygen atoms in total. The fraction of sp³-hybridized carbons (Fsp3) is 0.341. The number of benzene rings is 3. The van der Waals surface area contributed by atoms with Crippen molar-refractivity contribution in [1.82, 2.24) is 25.9 Å². The lowest BCUT2D eigenvalue weighted by molar-refractivity contribution is -0.171. The first kappa shape index (κ1) is 40.8. The molecule has 4 unspecified atom stereocenters. The van der Waals surface area contributed by atoms with Crippen LogP contribution >= 0.6 is 22.7 Å². The van der Waals surface area contributed by atoms with Gasteiger partial charge in [-0.05, 0) is 28.2 Å². The molecule has 0 aliphatic heterocycles. The molecule has 0 spiro atoms. The van der Waals surface area contributed by atoms with Crippen molar-refractivity contribution in [3.8, 4) is 21.1 Å². The van der Waals surface area contributed by atoms with Crippen LogP contribution in [-0.4, -0.2) is 86.6 Å². The number of fused-ring (bicyclic) bond motifs is 1. The van der Waals surface area contributed by atoms with Gasteiger partial charge in [-0.2, -0.15) is 0 Å². The molecule has 1 aliphatic carbocycles. The zero-order chi connectivity index (χ0) is 39.8. The molecule has 2 heterocycles. The quantitative estimate of drug-likeness (QED) is 0.0807. The minimum atomic E-state index is -2.02. The van der Waals surface area contributed by atoms with Gasteiger partial charge in [0.1, 0.15) is 28.3 Å². The number of aromatic nitrogens is 2. The van der Waals surface area contributed by atoms with Crippen LogP contribution in [-0.2, 0) is 43.5 Å². The highest BCUT2D eigenvalue weighted by Gasteiger charge is 2.43. The summed E-state index contributed by atoms with van der Waals surface area (Å²) in [5.74, 6) is -2.50. The molecule has 56 heavy (non-hydrogen) atoms. The summed E-state index contributed by atoms with van der Waals surface area (Å²) in [5.41, 5.74) is 4.67. The Hall–Kier alpha value is -4.87. The molecule has 15 heteroatoms. The Labute approximate surface area is 332 Å². The van der Waals surface area contributed by atoms with E-state index in [4.69, 9.17) is 9.47 Å². The first-order chi connectivity index (χ1) is 27.0. The van der Waals surface area contributed by atoms with Crippen molar-refractivity contribution >= 4 is 40.4 Å². The number of likely N-dealkylation sites (N-methyl/N-ethyl adjacent to an activating group) is 1. The molecular formula is C41H45N5O8S2. The lowest BCUT2D eigenvalue weighted by Crippen LogP contribution is -2.59. The molecule has 0 fully saturated rings. The number of aliphatic hydroxyl groups is 3. The molecule has 2 aromatic heterocycles. The van der Waals surface area contributed by atoms with Gasteiger partial charge in [-0.1, -0.05) is 86.6 Å². The first-order valence-corrected chi connectivity index (χ1v) is 19.9. The number of nitrogens with zero attached hydrogens (tertiary/aromatic N) is 2. The standard InChI is InChI=1S/C41H45N5O8S2/c1-23(2)31(37(50)42-3)45-38(51)35(53-21-24-8-12-26(13-9-24)40-43-16-18-55-40)33(48)34(49)36(39(52)46-32-29-7-5-4-6-28(29)20-30(32)47)54-22-25-10-14-27(15-11-25)41-44-17-19-56-41/h4-19,23,30-36,47-49H,20-22H2,1-3H3,(H,42,50)(H,45,51)(H,46,52)/t30?,31-,32?,33?,34?,35+,36+/m0/s1. The van der Waals surface area contributed by atoms with Gasteiger partial charge in [0.05, 0.1) is 25.4 Å². The Morgan fingerprint density at radius 1 is 0.768 bits per heavy atom. The summed E-state index contributed by atoms with van der Waals surface area (Å²) < 4.78 is 12.1. The third-order valence-corrected chi connectivity index (χ3v) is 11.3. The van der Waals surface area contributed by atoms with Crippen molar-refractivity contribution in [3.05, 3.63) is 118 Å². The number of nitrogens with one attached hydrogen (secondary N) is 3. The number of amides is 3. The number of ether oxygens (including phenoxy) is 2. The third kappa shape index (κ3) is 9.73. The van der Waals surface area contributed by atoms with Crippen molar-refractivity contribution in [2.45, 2.75) is 76.1 Å². The largest absolute Gasteiger partial charge is 0.390 e. The average Bonchev–Trinajstić information content (AvgIpc) is 4.00. The molecular weight excluding hydrogens is 755 g/mol. The number of hydrogen-bond donors (Lipinski definition) is 6. The molecule has 3 amide bonds. The highest BCUT2D eigenvalue weighted by atomic mass is 32.1. The Balaban J connectivity index is 1.26. The summed E-state index contributed by atoms with van der Waals surface area (Å²) in [7, 11) is 1.44. The van der Waals surface area contributed by atoms with Gasteiger partial charge in [-0.3, -0.25) is 14.4 Å². The van der Waals surface area contributed by atoms with Crippen LogP contribution in [0.3, 0.4) is 0 Å². The van der Waals surface area contributed by atoms with Crippen molar-refractivity contribution in [3.63, 3.8) is 0 Å². The molecule has 0 saturated heterocycles. The van der Waals surface area contributed by atoms with Crippen molar-refractivity contribution in [2.24, 2.45) is 5.92 Å². The van der Waals surface area contributed by atoms with Gasteiger partial charge in [0.2, 0.25) is 5.91 Å². The highest BCUT2D eigenvalue weighted by molar-refractivity contribution is 7.13. The summed E-state index contributed by atoms with van der Waals surface area (Å²) in [6, 6.07) is 20.1. The molecule has 294 valence electrons. The second-order valence-corrected chi connectivity index (χ2v) is 15.6. The lowest BCUT2D eigenvalue weighted by atomic mass is 9.98. The molecule has 6 N–H and O–H groups in total. The van der Waals surface area contributed by atoms with Gasteiger partial charge < -0.3 is 40.7 Å². The number of carbonyl (C=O) groups excluding carboxylic acids is 3. The Morgan fingerprint density at radius 3 is 1.77 bits per heavy atom. The van der Waals surface area contributed by atoms with E-state index in [1.165, 1.54) is 29.7 Å². The molecule has 0 saturated carbocycles. The second kappa shape index (κ2) is 18.8. The van der Waals surface area contributed by atoms with E-state index in [1.54, 1.807) is 62.6 Å². The van der Waals surface area contributed by atoms with Gasteiger partial charge in [0.25, 0.3) is 11.8 Å². The second-order valence-electron chi connectivity index (χ2n) is 13.8. The zero-order valence-electron chi connectivity index (χ0n) is 31.1. The fourth-order valence-electron chi connectivity index (χ4n) is 6.52. The van der Waals surface area contributed by atoms with E-state index in [0.29, 0.717) is 17.5 Å². The lowest BCUT2D eigenvalue weighted by Gasteiger charge is -2.32. The van der Waals surface area contributed by atoms with Crippen LogP contribution in [0, 0.1) is 5.92 Å². The number of aliphatic hydroxyl groups excluding tert-OH is 3. The van der Waals surface area contributed by atoms with E-state index < -0.39 is 60.3 Å². The summed E-state index contributed by atoms with van der Waals surface area (Å²) in [4.78, 5) is 49.4. The van der Waals surface area contributed by atoms with Crippen LogP contribution in [0.5, 0.6) is 0 Å². The third-order valence-electron chi connectivity index (χ3n) is 9.61. The van der Waals surface area contributed by atoms with E-state index >= 15 is 0 Å². The molecule has 6 rings (SSSR count). The van der Waals surface area contributed by atoms with Gasteiger partial charge >= 0.3 is 0 Å². The topological polar surface area (TPSA) is 192 Å². The van der Waals surface area contributed by atoms with E-state index in [9.17, 15) is 29.7 Å². The maximum atomic E-state index is 14.1. The Morgan fingerprint density at radius 2 is 1.29 bits per heavy atom. The minimum absolute atomic E-state index is 0.154. The van der Waals surface area contributed by atoms with E-state index in [-0.39, 0.29) is 19.1 Å². The normalized spacial score (nSPS) is 17.7. The van der Waals surface area contributed by atoms with Crippen LogP contribution in [0.15, 0.2) is 96.0 Å². The van der Waals surface area contributed by atoms with E-state index in [1.807, 2.05) is 47.2 Å². The van der Waals surface area contributed by atoms with Gasteiger partial charge in [-0.15, -0.1) is 22.7 Å². The van der Waals surface area contributed by atoms with Crippen LogP contribution in [0.25, 0.3) is 21.1 Å². The highest BCUT2D eigenvalue weighted by Crippen LogP contribution is 2.32. The average molecular weight is 800 g/mol. The maximum Gasteiger partial charge on any atom is 0.252 e. The Bertz CT molecular complexity index is 2040. The summed E-state index contributed by atoms with van der Waals surface area (Å²) in [5, 5.41) is 48.0. The molecule has 3 aromatic carbocycles. The molecule has 5 aromatic rings.